The van der Waals surface area contributed by atoms with Gasteiger partial charge in [-0.2, -0.15) is 5.10 Å². The molecule has 5 heteroatoms. The van der Waals surface area contributed by atoms with Crippen LogP contribution >= 0.6 is 27.5 Å². The Hall–Kier alpha value is -1.39. The van der Waals surface area contributed by atoms with Crippen molar-refractivity contribution in [3.8, 4) is 0 Å². The number of rotatable bonds is 3. The minimum Gasteiger partial charge on any atom is -0.289 e. The molecule has 0 spiro atoms. The molecule has 0 saturated carbocycles. The first-order valence-electron chi connectivity index (χ1n) is 5.23. The summed E-state index contributed by atoms with van der Waals surface area (Å²) < 4.78 is 2.54. The number of hydrogen-bond acceptors (Lipinski definition) is 2. The number of ketones is 1. The van der Waals surface area contributed by atoms with Crippen LogP contribution in [0.2, 0.25) is 5.02 Å². The minimum atomic E-state index is -0.0697. The largest absolute Gasteiger partial charge is 0.289 e. The number of benzene rings is 1. The highest BCUT2D eigenvalue weighted by atomic mass is 79.9. The topological polar surface area (TPSA) is 34.9 Å². The van der Waals surface area contributed by atoms with Crippen molar-refractivity contribution in [3.63, 3.8) is 0 Å². The summed E-state index contributed by atoms with van der Waals surface area (Å²) in [6, 6.07) is 6.80. The number of carbonyl (C=O) groups excluding carboxylic acids is 1. The summed E-state index contributed by atoms with van der Waals surface area (Å²) in [6.07, 6.45) is 4.94. The van der Waals surface area contributed by atoms with Crippen LogP contribution in [0.4, 0.5) is 0 Å². The van der Waals surface area contributed by atoms with Crippen LogP contribution in [0.3, 0.4) is 0 Å². The lowest BCUT2D eigenvalue weighted by atomic mass is 10.1. The Bertz CT molecular complexity index is 582. The van der Waals surface area contributed by atoms with Crippen molar-refractivity contribution >= 4 is 39.4 Å². The summed E-state index contributed by atoms with van der Waals surface area (Å²) in [6.45, 7) is 0. The molecule has 0 saturated heterocycles. The fourth-order valence-electron chi connectivity index (χ4n) is 1.47. The van der Waals surface area contributed by atoms with Gasteiger partial charge in [0.15, 0.2) is 5.78 Å². The van der Waals surface area contributed by atoms with Crippen molar-refractivity contribution in [1.29, 1.82) is 0 Å². The average molecular weight is 326 g/mol. The van der Waals surface area contributed by atoms with Crippen LogP contribution in [-0.2, 0) is 7.05 Å². The molecule has 2 aromatic rings. The lowest BCUT2D eigenvalue weighted by Gasteiger charge is -1.97. The van der Waals surface area contributed by atoms with Gasteiger partial charge in [-0.15, -0.1) is 0 Å². The summed E-state index contributed by atoms with van der Waals surface area (Å²) in [5.74, 6) is -0.0697. The second-order valence-electron chi connectivity index (χ2n) is 3.71. The normalized spacial score (nSPS) is 11.1. The van der Waals surface area contributed by atoms with Crippen LogP contribution in [0.1, 0.15) is 16.1 Å². The maximum atomic E-state index is 11.9. The number of allylic oxidation sites excluding steroid dienone is 1. The van der Waals surface area contributed by atoms with Crippen molar-refractivity contribution in [2.24, 2.45) is 7.05 Å². The van der Waals surface area contributed by atoms with Gasteiger partial charge in [-0.05, 0) is 52.3 Å². The van der Waals surface area contributed by atoms with E-state index in [1.165, 1.54) is 6.08 Å². The third-order valence-corrected chi connectivity index (χ3v) is 3.32. The molecule has 0 amide bonds. The molecule has 0 atom stereocenters. The van der Waals surface area contributed by atoms with E-state index in [2.05, 4.69) is 21.0 Å². The van der Waals surface area contributed by atoms with Gasteiger partial charge in [0.2, 0.25) is 0 Å². The predicted molar refractivity (Wildman–Crippen MR) is 75.7 cm³/mol. The summed E-state index contributed by atoms with van der Waals surface area (Å²) >= 11 is 9.14. The zero-order chi connectivity index (χ0) is 13.1. The van der Waals surface area contributed by atoms with Crippen molar-refractivity contribution < 1.29 is 4.79 Å². The van der Waals surface area contributed by atoms with E-state index < -0.39 is 0 Å². The zero-order valence-corrected chi connectivity index (χ0v) is 11.9. The predicted octanol–water partition coefficient (Wildman–Crippen LogP) is 3.73. The van der Waals surface area contributed by atoms with Crippen molar-refractivity contribution in [1.82, 2.24) is 9.78 Å². The molecule has 1 aromatic heterocycles. The van der Waals surface area contributed by atoms with E-state index in [-0.39, 0.29) is 5.78 Å². The fourth-order valence-corrected chi connectivity index (χ4v) is 2.08. The van der Waals surface area contributed by atoms with Gasteiger partial charge < -0.3 is 0 Å². The zero-order valence-electron chi connectivity index (χ0n) is 9.60. The Balaban J connectivity index is 2.19. The summed E-state index contributed by atoms with van der Waals surface area (Å²) in [7, 11) is 1.82. The second-order valence-corrected chi connectivity index (χ2v) is 5.00. The van der Waals surface area contributed by atoms with E-state index in [0.29, 0.717) is 10.6 Å². The molecular weight excluding hydrogens is 316 g/mol. The first-order chi connectivity index (χ1) is 8.58. The quantitative estimate of drug-likeness (QED) is 0.636. The van der Waals surface area contributed by atoms with Crippen LogP contribution in [0, 0.1) is 0 Å². The molecule has 92 valence electrons. The molecule has 2 rings (SSSR count). The van der Waals surface area contributed by atoms with Gasteiger partial charge in [0.05, 0.1) is 16.4 Å². The van der Waals surface area contributed by atoms with E-state index in [1.54, 1.807) is 41.2 Å². The first-order valence-corrected chi connectivity index (χ1v) is 6.40. The second kappa shape index (κ2) is 5.50. The van der Waals surface area contributed by atoms with Gasteiger partial charge in [0.25, 0.3) is 0 Å². The van der Waals surface area contributed by atoms with Crippen molar-refractivity contribution in [2.45, 2.75) is 0 Å². The van der Waals surface area contributed by atoms with Gasteiger partial charge in [-0.3, -0.25) is 9.48 Å². The maximum absolute atomic E-state index is 11.9. The van der Waals surface area contributed by atoms with Gasteiger partial charge in [-0.25, -0.2) is 0 Å². The molecule has 0 aliphatic carbocycles. The first kappa shape index (κ1) is 13.1. The highest BCUT2D eigenvalue weighted by Crippen LogP contribution is 2.17. The number of nitrogens with zero attached hydrogens (tertiary/aromatic N) is 2. The highest BCUT2D eigenvalue weighted by molar-refractivity contribution is 9.10. The third kappa shape index (κ3) is 2.89. The number of aryl methyl sites for hydroxylation is 1. The van der Waals surface area contributed by atoms with E-state index in [1.807, 2.05) is 7.05 Å². The molecule has 0 bridgehead atoms. The molecule has 0 unspecified atom stereocenters. The van der Waals surface area contributed by atoms with E-state index in [0.717, 1.165) is 10.2 Å². The van der Waals surface area contributed by atoms with Crippen LogP contribution in [0.15, 0.2) is 41.0 Å². The van der Waals surface area contributed by atoms with Gasteiger partial charge in [0, 0.05) is 17.6 Å². The molecule has 3 nitrogen and oxygen atoms in total. The molecule has 1 aromatic carbocycles. The standard InChI is InChI=1S/C13H10BrClN2O/c1-17-12(11(14)8-16-17)6-7-13(18)9-2-4-10(15)5-3-9/h2-8H,1H3/b7-6+. The van der Waals surface area contributed by atoms with Crippen LogP contribution in [-0.4, -0.2) is 15.6 Å². The molecule has 0 fully saturated rings. The Kier molecular flexibility index (Phi) is 3.99. The molecule has 0 aliphatic heterocycles. The number of halogens is 2. The smallest absolute Gasteiger partial charge is 0.185 e. The van der Waals surface area contributed by atoms with E-state index in [9.17, 15) is 4.79 Å². The van der Waals surface area contributed by atoms with Gasteiger partial charge >= 0.3 is 0 Å². The van der Waals surface area contributed by atoms with Crippen molar-refractivity contribution in [3.05, 3.63) is 57.3 Å². The Morgan fingerprint density at radius 2 is 2.06 bits per heavy atom. The summed E-state index contributed by atoms with van der Waals surface area (Å²) in [5.41, 5.74) is 1.45. The van der Waals surface area contributed by atoms with Gasteiger partial charge in [0.1, 0.15) is 0 Å². The molecule has 0 radical (unpaired) electrons. The number of hydrogen-bond donors (Lipinski definition) is 0. The SMILES string of the molecule is Cn1ncc(Br)c1/C=C/C(=O)c1ccc(Cl)cc1. The van der Waals surface area contributed by atoms with Crippen LogP contribution in [0.5, 0.6) is 0 Å². The number of carbonyl (C=O) groups is 1. The van der Waals surface area contributed by atoms with E-state index >= 15 is 0 Å². The highest BCUT2D eigenvalue weighted by Gasteiger charge is 2.04. The molecule has 0 aliphatic rings. The molecule has 18 heavy (non-hydrogen) atoms. The fraction of sp³-hybridized carbons (Fsp3) is 0.0769. The summed E-state index contributed by atoms with van der Waals surface area (Å²) in [5, 5.41) is 4.68. The Morgan fingerprint density at radius 3 is 2.61 bits per heavy atom. The monoisotopic (exact) mass is 324 g/mol. The van der Waals surface area contributed by atoms with Gasteiger partial charge in [-0.1, -0.05) is 11.6 Å². The third-order valence-electron chi connectivity index (χ3n) is 2.46. The lowest BCUT2D eigenvalue weighted by molar-refractivity contribution is 0.104. The average Bonchev–Trinajstić information content (AvgIpc) is 2.67. The molecular formula is C13H10BrClN2O. The molecule has 1 heterocycles. The van der Waals surface area contributed by atoms with Crippen LogP contribution < -0.4 is 0 Å². The van der Waals surface area contributed by atoms with Crippen LogP contribution in [0.25, 0.3) is 6.08 Å². The van der Waals surface area contributed by atoms with E-state index in [4.69, 9.17) is 11.6 Å². The lowest BCUT2D eigenvalue weighted by Crippen LogP contribution is -1.96. The Morgan fingerprint density at radius 1 is 1.39 bits per heavy atom. The minimum absolute atomic E-state index is 0.0697. The maximum Gasteiger partial charge on any atom is 0.185 e. The molecule has 0 N–H and O–H groups in total. The number of aromatic nitrogens is 2. The Labute approximate surface area is 118 Å². The summed E-state index contributed by atoms with van der Waals surface area (Å²) in [4.78, 5) is 11.9. The van der Waals surface area contributed by atoms with Crippen molar-refractivity contribution in [2.75, 3.05) is 0 Å².